The summed E-state index contributed by atoms with van der Waals surface area (Å²) in [6.45, 7) is 1.97. The number of nitrogens with one attached hydrogen (secondary N) is 1. The van der Waals surface area contributed by atoms with Gasteiger partial charge in [0.2, 0.25) is 0 Å². The quantitative estimate of drug-likeness (QED) is 0.569. The minimum atomic E-state index is -0.201. The third-order valence-electron chi connectivity index (χ3n) is 3.44. The maximum Gasteiger partial charge on any atom is 0.332 e. The molecule has 0 unspecified atom stereocenters. The number of hydrogen-bond donors (Lipinski definition) is 1. The van der Waals surface area contributed by atoms with Crippen LogP contribution in [0.4, 0.5) is 0 Å². The van der Waals surface area contributed by atoms with Gasteiger partial charge in [-0.15, -0.1) is 0 Å². The van der Waals surface area contributed by atoms with Crippen molar-refractivity contribution in [3.8, 4) is 5.82 Å². The van der Waals surface area contributed by atoms with E-state index in [4.69, 9.17) is 0 Å². The molecule has 0 amide bonds. The molecule has 0 saturated heterocycles. The Kier molecular flexibility index (Phi) is 2.09. The van der Waals surface area contributed by atoms with Crippen molar-refractivity contribution < 1.29 is 0 Å². The first kappa shape index (κ1) is 11.0. The van der Waals surface area contributed by atoms with Crippen LogP contribution in [0.5, 0.6) is 0 Å². The van der Waals surface area contributed by atoms with Gasteiger partial charge in [-0.05, 0) is 30.7 Å². The molecule has 0 bridgehead atoms. The summed E-state index contributed by atoms with van der Waals surface area (Å²) in [7, 11) is 0. The Morgan fingerprint density at radius 3 is 2.95 bits per heavy atom. The average molecular weight is 265 g/mol. The van der Waals surface area contributed by atoms with Crippen molar-refractivity contribution in [3.63, 3.8) is 0 Å². The Hall–Kier alpha value is -2.89. The maximum atomic E-state index is 12.3. The third kappa shape index (κ3) is 1.36. The summed E-state index contributed by atoms with van der Waals surface area (Å²) in [6.07, 6.45) is 3.31. The molecule has 4 rings (SSSR count). The minimum Gasteiger partial charge on any atom is -0.305 e. The standard InChI is InChI=1S/C14H11N5O/c1-9-6-7-18-12(9)13(15-8-16-18)19-11-5-3-2-4-10(11)17-14(19)20/h2-8H,1H3,(H,17,20). The van der Waals surface area contributed by atoms with Crippen LogP contribution < -0.4 is 5.69 Å². The fraction of sp³-hybridized carbons (Fsp3) is 0.0714. The van der Waals surface area contributed by atoms with Crippen LogP contribution >= 0.6 is 0 Å². The van der Waals surface area contributed by atoms with Gasteiger partial charge in [-0.3, -0.25) is 0 Å². The average Bonchev–Trinajstić information content (AvgIpc) is 2.99. The van der Waals surface area contributed by atoms with Crippen LogP contribution in [0.1, 0.15) is 5.56 Å². The number of nitrogens with zero attached hydrogens (tertiary/aromatic N) is 4. The summed E-state index contributed by atoms with van der Waals surface area (Å²) in [4.78, 5) is 19.4. The van der Waals surface area contributed by atoms with Gasteiger partial charge < -0.3 is 4.98 Å². The molecule has 3 aromatic heterocycles. The number of rotatable bonds is 1. The van der Waals surface area contributed by atoms with Crippen LogP contribution in [0.2, 0.25) is 0 Å². The molecule has 0 radical (unpaired) electrons. The molecule has 4 aromatic rings. The largest absolute Gasteiger partial charge is 0.332 e. The lowest BCUT2D eigenvalue weighted by Gasteiger charge is -2.05. The number of aryl methyl sites for hydroxylation is 1. The van der Waals surface area contributed by atoms with E-state index in [1.165, 1.54) is 6.33 Å². The molecule has 6 nitrogen and oxygen atoms in total. The van der Waals surface area contributed by atoms with Crippen LogP contribution in [-0.4, -0.2) is 24.1 Å². The zero-order valence-corrected chi connectivity index (χ0v) is 10.7. The number of benzene rings is 1. The van der Waals surface area contributed by atoms with Gasteiger partial charge in [0.1, 0.15) is 11.8 Å². The van der Waals surface area contributed by atoms with Crippen molar-refractivity contribution in [1.82, 2.24) is 24.1 Å². The molecule has 1 aromatic carbocycles. The number of fused-ring (bicyclic) bond motifs is 2. The molecule has 0 spiro atoms. The van der Waals surface area contributed by atoms with E-state index in [0.717, 1.165) is 22.1 Å². The lowest BCUT2D eigenvalue weighted by Crippen LogP contribution is -2.17. The molecular weight excluding hydrogens is 254 g/mol. The van der Waals surface area contributed by atoms with Gasteiger partial charge in [0.25, 0.3) is 0 Å². The molecule has 0 aliphatic heterocycles. The van der Waals surface area contributed by atoms with E-state index in [9.17, 15) is 4.79 Å². The second kappa shape index (κ2) is 3.80. The summed E-state index contributed by atoms with van der Waals surface area (Å²) in [6, 6.07) is 9.50. The Morgan fingerprint density at radius 2 is 2.05 bits per heavy atom. The maximum absolute atomic E-state index is 12.3. The number of imidazole rings is 1. The predicted molar refractivity (Wildman–Crippen MR) is 75.2 cm³/mol. The van der Waals surface area contributed by atoms with Gasteiger partial charge in [0.15, 0.2) is 5.82 Å². The Balaban J connectivity index is 2.19. The molecule has 0 fully saturated rings. The van der Waals surface area contributed by atoms with Crippen molar-refractivity contribution in [2.45, 2.75) is 6.92 Å². The van der Waals surface area contributed by atoms with Crippen LogP contribution in [0, 0.1) is 6.92 Å². The second-order valence-electron chi connectivity index (χ2n) is 4.66. The molecule has 1 N–H and O–H groups in total. The number of aromatic nitrogens is 5. The minimum absolute atomic E-state index is 0.201. The lowest BCUT2D eigenvalue weighted by atomic mass is 10.3. The van der Waals surface area contributed by atoms with Gasteiger partial charge in [0, 0.05) is 6.20 Å². The number of H-pyrrole nitrogens is 1. The van der Waals surface area contributed by atoms with Gasteiger partial charge in [-0.1, -0.05) is 12.1 Å². The number of para-hydroxylation sites is 2. The first-order valence-electron chi connectivity index (χ1n) is 6.25. The van der Waals surface area contributed by atoms with Crippen molar-refractivity contribution in [1.29, 1.82) is 0 Å². The topological polar surface area (TPSA) is 68.0 Å². The third-order valence-corrected chi connectivity index (χ3v) is 3.44. The normalized spacial score (nSPS) is 11.4. The highest BCUT2D eigenvalue weighted by Crippen LogP contribution is 2.20. The van der Waals surface area contributed by atoms with Crippen LogP contribution in [-0.2, 0) is 0 Å². The van der Waals surface area contributed by atoms with Gasteiger partial charge in [0.05, 0.1) is 11.0 Å². The van der Waals surface area contributed by atoms with E-state index >= 15 is 0 Å². The summed E-state index contributed by atoms with van der Waals surface area (Å²) < 4.78 is 3.31. The van der Waals surface area contributed by atoms with Gasteiger partial charge in [-0.2, -0.15) is 5.10 Å². The Morgan fingerprint density at radius 1 is 1.20 bits per heavy atom. The van der Waals surface area contributed by atoms with Crippen molar-refractivity contribution >= 4 is 16.6 Å². The van der Waals surface area contributed by atoms with E-state index in [1.54, 1.807) is 9.08 Å². The lowest BCUT2D eigenvalue weighted by molar-refractivity contribution is 0.862. The molecule has 0 saturated carbocycles. The first-order chi connectivity index (χ1) is 9.75. The van der Waals surface area contributed by atoms with Crippen molar-refractivity contribution in [3.05, 3.63) is 58.9 Å². The molecule has 0 atom stereocenters. The fourth-order valence-electron chi connectivity index (χ4n) is 2.52. The first-order valence-corrected chi connectivity index (χ1v) is 6.25. The molecule has 6 heteroatoms. The van der Waals surface area contributed by atoms with Gasteiger partial charge in [-0.25, -0.2) is 18.9 Å². The summed E-state index contributed by atoms with van der Waals surface area (Å²) in [5, 5.41) is 4.16. The molecule has 98 valence electrons. The van der Waals surface area contributed by atoms with Gasteiger partial charge >= 0.3 is 5.69 Å². The van der Waals surface area contributed by atoms with Crippen LogP contribution in [0.25, 0.3) is 22.4 Å². The summed E-state index contributed by atoms with van der Waals surface area (Å²) in [5.74, 6) is 0.588. The van der Waals surface area contributed by atoms with E-state index in [2.05, 4.69) is 15.1 Å². The molecule has 0 aliphatic rings. The van der Waals surface area contributed by atoms with Crippen LogP contribution in [0.3, 0.4) is 0 Å². The number of hydrogen-bond acceptors (Lipinski definition) is 3. The Labute approximate surface area is 113 Å². The summed E-state index contributed by atoms with van der Waals surface area (Å²) >= 11 is 0. The Bertz CT molecular complexity index is 992. The van der Waals surface area contributed by atoms with Crippen LogP contribution in [0.15, 0.2) is 47.7 Å². The summed E-state index contributed by atoms with van der Waals surface area (Å²) in [5.41, 5.74) is 3.25. The van der Waals surface area contributed by atoms with E-state index in [-0.39, 0.29) is 5.69 Å². The SMILES string of the molecule is Cc1ccn2ncnc(-n3c(=O)[nH]c4ccccc43)c12. The van der Waals surface area contributed by atoms with Crippen molar-refractivity contribution in [2.75, 3.05) is 0 Å². The van der Waals surface area contributed by atoms with E-state index in [1.807, 2.05) is 43.5 Å². The van der Waals surface area contributed by atoms with E-state index in [0.29, 0.717) is 5.82 Å². The molecule has 3 heterocycles. The smallest absolute Gasteiger partial charge is 0.305 e. The zero-order valence-electron chi connectivity index (χ0n) is 10.7. The monoisotopic (exact) mass is 265 g/mol. The highest BCUT2D eigenvalue weighted by molar-refractivity contribution is 5.79. The predicted octanol–water partition coefficient (Wildman–Crippen LogP) is 1.67. The van der Waals surface area contributed by atoms with E-state index < -0.39 is 0 Å². The molecular formula is C14H11N5O. The fourth-order valence-corrected chi connectivity index (χ4v) is 2.52. The highest BCUT2D eigenvalue weighted by atomic mass is 16.1. The highest BCUT2D eigenvalue weighted by Gasteiger charge is 2.14. The van der Waals surface area contributed by atoms with Crippen molar-refractivity contribution in [2.24, 2.45) is 0 Å². The number of aromatic amines is 1. The molecule has 20 heavy (non-hydrogen) atoms. The molecule has 0 aliphatic carbocycles. The second-order valence-corrected chi connectivity index (χ2v) is 4.66. The zero-order chi connectivity index (χ0) is 13.7.